The molecule has 1 aromatic heterocycles. The Kier molecular flexibility index (Phi) is 5.72. The summed E-state index contributed by atoms with van der Waals surface area (Å²) in [5.41, 5.74) is 6.06. The summed E-state index contributed by atoms with van der Waals surface area (Å²) in [5.74, 6) is 1.17. The summed E-state index contributed by atoms with van der Waals surface area (Å²) < 4.78 is 12.9. The van der Waals surface area contributed by atoms with Crippen molar-refractivity contribution in [2.24, 2.45) is 0 Å². The molecule has 6 heteroatoms. The number of para-hydroxylation sites is 1. The van der Waals surface area contributed by atoms with E-state index in [2.05, 4.69) is 59.4 Å². The van der Waals surface area contributed by atoms with Crippen molar-refractivity contribution in [2.75, 3.05) is 19.5 Å². The fourth-order valence-corrected chi connectivity index (χ4v) is 4.64. The molecule has 1 aliphatic heterocycles. The predicted molar refractivity (Wildman–Crippen MR) is 133 cm³/mol. The second kappa shape index (κ2) is 8.98. The zero-order chi connectivity index (χ0) is 23.7. The zero-order valence-corrected chi connectivity index (χ0v) is 19.5. The number of amides is 2. The maximum absolute atomic E-state index is 13.8. The first-order chi connectivity index (χ1) is 16.6. The van der Waals surface area contributed by atoms with Crippen molar-refractivity contribution in [3.63, 3.8) is 0 Å². The van der Waals surface area contributed by atoms with E-state index < -0.39 is 0 Å². The number of rotatable bonds is 4. The number of urea groups is 1. The molecule has 3 aromatic carbocycles. The van der Waals surface area contributed by atoms with Gasteiger partial charge in [0, 0.05) is 23.6 Å². The van der Waals surface area contributed by atoms with Crippen LogP contribution in [0, 0.1) is 6.92 Å². The van der Waals surface area contributed by atoms with Crippen molar-refractivity contribution < 1.29 is 14.3 Å². The molecule has 172 valence electrons. The molecule has 1 N–H and O–H groups in total. The fraction of sp³-hybridized carbons (Fsp3) is 0.179. The van der Waals surface area contributed by atoms with E-state index in [1.54, 1.807) is 26.4 Å². The third kappa shape index (κ3) is 3.88. The molecule has 0 bridgehead atoms. The zero-order valence-electron chi connectivity index (χ0n) is 19.5. The number of hydrogen-bond acceptors (Lipinski definition) is 3. The van der Waals surface area contributed by atoms with E-state index in [-0.39, 0.29) is 12.1 Å². The van der Waals surface area contributed by atoms with Crippen molar-refractivity contribution in [1.82, 2.24) is 9.47 Å². The SMILES string of the molecule is COc1ccc(NC(=O)N2Cc3ccccc3-n3cccc3[C@H]2c2cccc(C)c2)cc1OC. The number of fused-ring (bicyclic) bond motifs is 3. The van der Waals surface area contributed by atoms with Crippen LogP contribution in [-0.4, -0.2) is 29.7 Å². The van der Waals surface area contributed by atoms with Crippen LogP contribution < -0.4 is 14.8 Å². The summed E-state index contributed by atoms with van der Waals surface area (Å²) in [6.07, 6.45) is 2.06. The Labute approximate surface area is 199 Å². The summed E-state index contributed by atoms with van der Waals surface area (Å²) in [5, 5.41) is 3.08. The first kappa shape index (κ1) is 21.6. The number of benzene rings is 3. The Hall–Kier alpha value is -4.19. The van der Waals surface area contributed by atoms with Gasteiger partial charge in [-0.15, -0.1) is 0 Å². The minimum Gasteiger partial charge on any atom is -0.493 e. The molecular formula is C28H27N3O3. The van der Waals surface area contributed by atoms with Crippen LogP contribution in [0.2, 0.25) is 0 Å². The van der Waals surface area contributed by atoms with Gasteiger partial charge in [0.05, 0.1) is 32.5 Å². The van der Waals surface area contributed by atoms with Crippen LogP contribution in [0.1, 0.15) is 28.4 Å². The Morgan fingerprint density at radius 2 is 1.74 bits per heavy atom. The van der Waals surface area contributed by atoms with Crippen LogP contribution in [0.4, 0.5) is 10.5 Å². The standard InChI is InChI=1S/C28H27N3O3/c1-19-8-6-10-20(16-19)27-24-12-7-15-30(24)23-11-5-4-9-21(23)18-31(27)28(32)29-22-13-14-25(33-2)26(17-22)34-3/h4-17,27H,18H2,1-3H3,(H,29,32)/t27-/m1/s1. The number of carbonyl (C=O) groups is 1. The lowest BCUT2D eigenvalue weighted by Gasteiger charge is -2.31. The predicted octanol–water partition coefficient (Wildman–Crippen LogP) is 5.94. The van der Waals surface area contributed by atoms with Crippen molar-refractivity contribution in [3.05, 3.63) is 107 Å². The van der Waals surface area contributed by atoms with Crippen LogP contribution >= 0.6 is 0 Å². The summed E-state index contributed by atoms with van der Waals surface area (Å²) >= 11 is 0. The molecule has 0 saturated carbocycles. The molecule has 0 saturated heterocycles. The number of aryl methyl sites for hydroxylation is 1. The second-order valence-corrected chi connectivity index (χ2v) is 8.38. The molecule has 1 atom stereocenters. The smallest absolute Gasteiger partial charge is 0.322 e. The largest absolute Gasteiger partial charge is 0.493 e. The van der Waals surface area contributed by atoms with Gasteiger partial charge >= 0.3 is 6.03 Å². The molecule has 2 heterocycles. The van der Waals surface area contributed by atoms with Gasteiger partial charge in [-0.3, -0.25) is 0 Å². The molecule has 0 unspecified atom stereocenters. The first-order valence-electron chi connectivity index (χ1n) is 11.2. The van der Waals surface area contributed by atoms with Gasteiger partial charge in [0.1, 0.15) is 0 Å². The van der Waals surface area contributed by atoms with E-state index in [1.807, 2.05) is 35.2 Å². The van der Waals surface area contributed by atoms with E-state index in [9.17, 15) is 4.79 Å². The van der Waals surface area contributed by atoms with Gasteiger partial charge in [0.25, 0.3) is 0 Å². The molecule has 0 spiro atoms. The maximum Gasteiger partial charge on any atom is 0.322 e. The van der Waals surface area contributed by atoms with Crippen LogP contribution in [-0.2, 0) is 6.54 Å². The summed E-state index contributed by atoms with van der Waals surface area (Å²) in [6, 6.07) is 25.6. The van der Waals surface area contributed by atoms with E-state index in [0.717, 1.165) is 28.1 Å². The Morgan fingerprint density at radius 3 is 2.53 bits per heavy atom. The normalized spacial score (nSPS) is 14.6. The average Bonchev–Trinajstić information content (AvgIpc) is 3.28. The molecule has 2 amide bonds. The summed E-state index contributed by atoms with van der Waals surface area (Å²) in [7, 11) is 3.17. The van der Waals surface area contributed by atoms with Crippen molar-refractivity contribution >= 4 is 11.7 Å². The third-order valence-corrected chi connectivity index (χ3v) is 6.22. The molecule has 0 radical (unpaired) electrons. The molecule has 5 rings (SSSR count). The van der Waals surface area contributed by atoms with E-state index >= 15 is 0 Å². The average molecular weight is 454 g/mol. The minimum absolute atomic E-state index is 0.192. The molecule has 1 aliphatic rings. The number of anilines is 1. The van der Waals surface area contributed by atoms with E-state index in [1.165, 1.54) is 0 Å². The van der Waals surface area contributed by atoms with Crippen LogP contribution in [0.3, 0.4) is 0 Å². The third-order valence-electron chi connectivity index (χ3n) is 6.22. The molecule has 0 fully saturated rings. The Morgan fingerprint density at radius 1 is 0.912 bits per heavy atom. The summed E-state index contributed by atoms with van der Waals surface area (Å²) in [4.78, 5) is 15.7. The highest BCUT2D eigenvalue weighted by Gasteiger charge is 2.33. The van der Waals surface area contributed by atoms with Crippen LogP contribution in [0.15, 0.2) is 85.1 Å². The monoisotopic (exact) mass is 453 g/mol. The number of aromatic nitrogens is 1. The number of carbonyl (C=O) groups excluding carboxylic acids is 1. The van der Waals surface area contributed by atoms with Crippen LogP contribution in [0.25, 0.3) is 5.69 Å². The van der Waals surface area contributed by atoms with Gasteiger partial charge in [-0.2, -0.15) is 0 Å². The number of nitrogens with one attached hydrogen (secondary N) is 1. The lowest BCUT2D eigenvalue weighted by Crippen LogP contribution is -2.38. The van der Waals surface area contributed by atoms with E-state index in [0.29, 0.717) is 23.7 Å². The highest BCUT2D eigenvalue weighted by Crippen LogP contribution is 2.37. The van der Waals surface area contributed by atoms with E-state index in [4.69, 9.17) is 9.47 Å². The molecule has 0 aliphatic carbocycles. The van der Waals surface area contributed by atoms with Gasteiger partial charge in [0.2, 0.25) is 0 Å². The van der Waals surface area contributed by atoms with Gasteiger partial charge in [0.15, 0.2) is 11.5 Å². The Balaban J connectivity index is 1.59. The van der Waals surface area contributed by atoms with Gasteiger partial charge in [-0.25, -0.2) is 4.79 Å². The second-order valence-electron chi connectivity index (χ2n) is 8.38. The first-order valence-corrected chi connectivity index (χ1v) is 11.2. The number of hydrogen-bond donors (Lipinski definition) is 1. The van der Waals surface area contributed by atoms with Gasteiger partial charge in [-0.1, -0.05) is 48.0 Å². The molecule has 4 aromatic rings. The number of ether oxygens (including phenoxy) is 2. The van der Waals surface area contributed by atoms with Crippen LogP contribution in [0.5, 0.6) is 11.5 Å². The maximum atomic E-state index is 13.8. The molecular weight excluding hydrogens is 426 g/mol. The van der Waals surface area contributed by atoms with Crippen molar-refractivity contribution in [3.8, 4) is 17.2 Å². The molecule has 6 nitrogen and oxygen atoms in total. The quantitative estimate of drug-likeness (QED) is 0.416. The topological polar surface area (TPSA) is 55.7 Å². The lowest BCUT2D eigenvalue weighted by molar-refractivity contribution is 0.194. The minimum atomic E-state index is -0.262. The summed E-state index contributed by atoms with van der Waals surface area (Å²) in [6.45, 7) is 2.54. The van der Waals surface area contributed by atoms with Gasteiger partial charge in [-0.05, 0) is 48.4 Å². The molecule has 34 heavy (non-hydrogen) atoms. The van der Waals surface area contributed by atoms with Crippen molar-refractivity contribution in [1.29, 1.82) is 0 Å². The Bertz CT molecular complexity index is 1340. The number of nitrogens with zero attached hydrogens (tertiary/aromatic N) is 2. The highest BCUT2D eigenvalue weighted by atomic mass is 16.5. The van der Waals surface area contributed by atoms with Gasteiger partial charge < -0.3 is 24.3 Å². The van der Waals surface area contributed by atoms with Crippen molar-refractivity contribution in [2.45, 2.75) is 19.5 Å². The lowest BCUT2D eigenvalue weighted by atomic mass is 10.00. The fourth-order valence-electron chi connectivity index (χ4n) is 4.64. The highest BCUT2D eigenvalue weighted by molar-refractivity contribution is 5.90. The number of methoxy groups -OCH3 is 2.